The molecule has 0 bridgehead atoms. The zero-order valence-electron chi connectivity index (χ0n) is 33.4. The highest BCUT2D eigenvalue weighted by molar-refractivity contribution is 5.71. The normalized spacial score (nSPS) is 12.0. The second-order valence-electron chi connectivity index (χ2n) is 14.6. The smallest absolute Gasteiger partial charge is 0.306 e. The maximum Gasteiger partial charge on any atom is 0.306 e. The quantitative estimate of drug-likeness (QED) is 0.0274. The van der Waals surface area contributed by atoms with Crippen LogP contribution in [0.4, 0.5) is 0 Å². The summed E-state index contributed by atoms with van der Waals surface area (Å²) in [4.78, 5) is 37.4. The van der Waals surface area contributed by atoms with Gasteiger partial charge in [-0.25, -0.2) is 0 Å². The van der Waals surface area contributed by atoms with Gasteiger partial charge in [-0.15, -0.1) is 0 Å². The lowest BCUT2D eigenvalue weighted by atomic mass is 10.1. The molecule has 294 valence electrons. The van der Waals surface area contributed by atoms with Gasteiger partial charge in [-0.3, -0.25) is 14.4 Å². The topological polar surface area (TPSA) is 78.9 Å². The molecule has 0 radical (unpaired) electrons. The summed E-state index contributed by atoms with van der Waals surface area (Å²) in [5, 5.41) is 0. The van der Waals surface area contributed by atoms with Crippen LogP contribution in [0.3, 0.4) is 0 Å². The number of carbonyl (C=O) groups excluding carboxylic acids is 3. The molecule has 6 heteroatoms. The van der Waals surface area contributed by atoms with E-state index >= 15 is 0 Å². The Kier molecular flexibility index (Phi) is 38.5. The summed E-state index contributed by atoms with van der Waals surface area (Å²) < 4.78 is 16.6. The van der Waals surface area contributed by atoms with E-state index in [9.17, 15) is 14.4 Å². The molecule has 0 spiro atoms. The second-order valence-corrected chi connectivity index (χ2v) is 14.6. The number of ether oxygens (including phenoxy) is 3. The zero-order chi connectivity index (χ0) is 36.6. The van der Waals surface area contributed by atoms with Gasteiger partial charge in [0.15, 0.2) is 6.10 Å². The molecule has 0 heterocycles. The van der Waals surface area contributed by atoms with Gasteiger partial charge in [0.2, 0.25) is 0 Å². The molecule has 0 rings (SSSR count). The van der Waals surface area contributed by atoms with Gasteiger partial charge in [0.05, 0.1) is 0 Å². The van der Waals surface area contributed by atoms with Crippen LogP contribution in [0.1, 0.15) is 233 Å². The predicted octanol–water partition coefficient (Wildman–Crippen LogP) is 13.5. The molecule has 0 aromatic rings. The lowest BCUT2D eigenvalue weighted by Crippen LogP contribution is -2.30. The molecular weight excluding hydrogens is 624 g/mol. The Labute approximate surface area is 310 Å². The minimum absolute atomic E-state index is 0.0701. The van der Waals surface area contributed by atoms with Crippen LogP contribution in [-0.2, 0) is 28.6 Å². The van der Waals surface area contributed by atoms with E-state index in [1.165, 1.54) is 128 Å². The Bertz CT molecular complexity index is 778. The molecule has 0 amide bonds. The zero-order valence-corrected chi connectivity index (χ0v) is 33.4. The molecule has 0 fully saturated rings. The largest absolute Gasteiger partial charge is 0.462 e. The van der Waals surface area contributed by atoms with Crippen LogP contribution in [0.15, 0.2) is 12.2 Å². The van der Waals surface area contributed by atoms with E-state index in [-0.39, 0.29) is 31.1 Å². The van der Waals surface area contributed by atoms with Crippen molar-refractivity contribution in [1.82, 2.24) is 0 Å². The predicted molar refractivity (Wildman–Crippen MR) is 210 cm³/mol. The number of esters is 3. The van der Waals surface area contributed by atoms with Crippen molar-refractivity contribution in [3.63, 3.8) is 0 Å². The molecule has 50 heavy (non-hydrogen) atoms. The van der Waals surface area contributed by atoms with E-state index < -0.39 is 6.10 Å². The summed E-state index contributed by atoms with van der Waals surface area (Å²) in [5.74, 6) is -0.884. The van der Waals surface area contributed by atoms with Gasteiger partial charge in [-0.2, -0.15) is 0 Å². The number of rotatable bonds is 39. The summed E-state index contributed by atoms with van der Waals surface area (Å²) in [5.41, 5.74) is 0. The van der Waals surface area contributed by atoms with Crippen molar-refractivity contribution in [2.24, 2.45) is 0 Å². The fourth-order valence-electron chi connectivity index (χ4n) is 6.20. The fourth-order valence-corrected chi connectivity index (χ4v) is 6.20. The van der Waals surface area contributed by atoms with Gasteiger partial charge in [-0.1, -0.05) is 181 Å². The SMILES string of the molecule is CCCCCCCC/C=C\CCCCCCCC(=O)OCC(COC(=O)CCCCCCCC)OC(=O)CCCCCCCCCCCCC. The van der Waals surface area contributed by atoms with E-state index in [1.807, 2.05) is 0 Å². The molecule has 0 saturated heterocycles. The summed E-state index contributed by atoms with van der Waals surface area (Å²) >= 11 is 0. The Morgan fingerprint density at radius 2 is 0.660 bits per heavy atom. The molecular formula is C44H82O6. The first kappa shape index (κ1) is 48.1. The third kappa shape index (κ3) is 37.4. The minimum Gasteiger partial charge on any atom is -0.462 e. The maximum atomic E-state index is 12.6. The Morgan fingerprint density at radius 1 is 0.380 bits per heavy atom. The van der Waals surface area contributed by atoms with E-state index in [1.54, 1.807) is 0 Å². The lowest BCUT2D eigenvalue weighted by molar-refractivity contribution is -0.167. The molecule has 0 aromatic heterocycles. The number of allylic oxidation sites excluding steroid dienone is 2. The lowest BCUT2D eigenvalue weighted by Gasteiger charge is -2.18. The molecule has 0 aliphatic rings. The van der Waals surface area contributed by atoms with Crippen molar-refractivity contribution in [2.75, 3.05) is 13.2 Å². The van der Waals surface area contributed by atoms with Crippen LogP contribution in [-0.4, -0.2) is 37.2 Å². The first-order valence-corrected chi connectivity index (χ1v) is 21.7. The van der Waals surface area contributed by atoms with Crippen LogP contribution < -0.4 is 0 Å². The van der Waals surface area contributed by atoms with Gasteiger partial charge in [-0.05, 0) is 44.9 Å². The van der Waals surface area contributed by atoms with Crippen molar-refractivity contribution >= 4 is 17.9 Å². The third-order valence-electron chi connectivity index (χ3n) is 9.52. The first-order chi connectivity index (χ1) is 24.5. The molecule has 0 aliphatic heterocycles. The Hall–Kier alpha value is -1.85. The number of carbonyl (C=O) groups is 3. The average molecular weight is 707 g/mol. The van der Waals surface area contributed by atoms with Gasteiger partial charge >= 0.3 is 17.9 Å². The number of hydrogen-bond donors (Lipinski definition) is 0. The molecule has 0 N–H and O–H groups in total. The van der Waals surface area contributed by atoms with Crippen LogP contribution in [0.2, 0.25) is 0 Å². The second kappa shape index (κ2) is 39.9. The van der Waals surface area contributed by atoms with E-state index in [2.05, 4.69) is 32.9 Å². The van der Waals surface area contributed by atoms with Crippen molar-refractivity contribution in [1.29, 1.82) is 0 Å². The highest BCUT2D eigenvalue weighted by Gasteiger charge is 2.19. The van der Waals surface area contributed by atoms with E-state index in [4.69, 9.17) is 14.2 Å². The maximum absolute atomic E-state index is 12.6. The standard InChI is InChI=1S/C44H82O6/c1-4-7-10-13-16-18-20-21-22-23-25-26-28-31-34-37-43(46)49-40-41(39-48-42(45)36-33-30-15-12-9-6-3)50-44(47)38-35-32-29-27-24-19-17-14-11-8-5-2/h21-22,41H,4-20,23-40H2,1-3H3/b22-21-. The van der Waals surface area contributed by atoms with Crippen molar-refractivity contribution in [2.45, 2.75) is 239 Å². The average Bonchev–Trinajstić information content (AvgIpc) is 3.11. The van der Waals surface area contributed by atoms with Crippen LogP contribution in [0.5, 0.6) is 0 Å². The molecule has 1 atom stereocenters. The molecule has 0 aromatic carbocycles. The van der Waals surface area contributed by atoms with Gasteiger partial charge in [0.25, 0.3) is 0 Å². The molecule has 0 saturated carbocycles. The molecule has 1 unspecified atom stereocenters. The van der Waals surface area contributed by atoms with Gasteiger partial charge in [0, 0.05) is 19.3 Å². The molecule has 6 nitrogen and oxygen atoms in total. The van der Waals surface area contributed by atoms with Crippen LogP contribution >= 0.6 is 0 Å². The summed E-state index contributed by atoms with van der Waals surface area (Å²) in [6.07, 6.45) is 40.7. The highest BCUT2D eigenvalue weighted by Crippen LogP contribution is 2.14. The first-order valence-electron chi connectivity index (χ1n) is 21.7. The third-order valence-corrected chi connectivity index (χ3v) is 9.52. The highest BCUT2D eigenvalue weighted by atomic mass is 16.6. The Morgan fingerprint density at radius 3 is 1.00 bits per heavy atom. The monoisotopic (exact) mass is 707 g/mol. The van der Waals surface area contributed by atoms with Crippen molar-refractivity contribution in [3.8, 4) is 0 Å². The van der Waals surface area contributed by atoms with E-state index in [0.29, 0.717) is 19.3 Å². The summed E-state index contributed by atoms with van der Waals surface area (Å²) in [6.45, 7) is 6.56. The summed E-state index contributed by atoms with van der Waals surface area (Å²) in [6, 6.07) is 0. The van der Waals surface area contributed by atoms with Gasteiger partial charge in [0.1, 0.15) is 13.2 Å². The number of unbranched alkanes of at least 4 members (excludes halogenated alkanes) is 26. The molecule has 0 aliphatic carbocycles. The summed E-state index contributed by atoms with van der Waals surface area (Å²) in [7, 11) is 0. The number of hydrogen-bond acceptors (Lipinski definition) is 6. The van der Waals surface area contributed by atoms with Gasteiger partial charge < -0.3 is 14.2 Å². The van der Waals surface area contributed by atoms with Crippen LogP contribution in [0, 0.1) is 0 Å². The Balaban J connectivity index is 4.26. The fraction of sp³-hybridized carbons (Fsp3) is 0.886. The van der Waals surface area contributed by atoms with Crippen molar-refractivity contribution < 1.29 is 28.6 Å². The van der Waals surface area contributed by atoms with Crippen LogP contribution in [0.25, 0.3) is 0 Å². The van der Waals surface area contributed by atoms with Crippen molar-refractivity contribution in [3.05, 3.63) is 12.2 Å². The minimum atomic E-state index is -0.762. The van der Waals surface area contributed by atoms with E-state index in [0.717, 1.165) is 64.2 Å².